The lowest BCUT2D eigenvalue weighted by Crippen LogP contribution is -2.30. The van der Waals surface area contributed by atoms with Crippen molar-refractivity contribution in [3.63, 3.8) is 0 Å². The van der Waals surface area contributed by atoms with Gasteiger partial charge in [-0.2, -0.15) is 4.98 Å². The van der Waals surface area contributed by atoms with Gasteiger partial charge >= 0.3 is 5.69 Å². The second-order valence-electron chi connectivity index (χ2n) is 4.81. The summed E-state index contributed by atoms with van der Waals surface area (Å²) in [5, 5.41) is 11.1. The topological polar surface area (TPSA) is 94.5 Å². The van der Waals surface area contributed by atoms with Crippen LogP contribution in [0, 0.1) is 16.0 Å². The van der Waals surface area contributed by atoms with Gasteiger partial charge in [-0.05, 0) is 19.3 Å². The van der Waals surface area contributed by atoms with Crippen LogP contribution in [0.1, 0.15) is 13.3 Å². The Kier molecular flexibility index (Phi) is 3.84. The fourth-order valence-electron chi connectivity index (χ4n) is 2.32. The fourth-order valence-corrected chi connectivity index (χ4v) is 2.32. The highest BCUT2D eigenvalue weighted by atomic mass is 16.6. The Bertz CT molecular complexity index is 478. The molecule has 2 unspecified atom stereocenters. The molecule has 2 rings (SSSR count). The van der Waals surface area contributed by atoms with E-state index in [4.69, 9.17) is 10.5 Å². The van der Waals surface area contributed by atoms with Crippen LogP contribution in [0.3, 0.4) is 0 Å². The minimum absolute atomic E-state index is 0.00567. The largest absolute Gasteiger partial charge is 0.481 e. The van der Waals surface area contributed by atoms with Crippen LogP contribution >= 0.6 is 0 Å². The molecule has 104 valence electrons. The van der Waals surface area contributed by atoms with Crippen molar-refractivity contribution in [2.45, 2.75) is 19.4 Å². The Balaban J connectivity index is 2.30. The monoisotopic (exact) mass is 266 g/mol. The molecule has 1 saturated heterocycles. The molecular weight excluding hydrogens is 248 g/mol. The zero-order chi connectivity index (χ0) is 14.0. The maximum Gasteiger partial charge on any atom is 0.311 e. The van der Waals surface area contributed by atoms with E-state index in [0.29, 0.717) is 24.2 Å². The van der Waals surface area contributed by atoms with E-state index in [2.05, 4.69) is 4.98 Å². The number of nitro groups is 1. The number of aromatic nitrogens is 1. The third kappa shape index (κ3) is 2.76. The van der Waals surface area contributed by atoms with Crippen LogP contribution in [0.5, 0.6) is 5.88 Å². The first-order chi connectivity index (χ1) is 9.02. The van der Waals surface area contributed by atoms with Crippen LogP contribution in [0.25, 0.3) is 0 Å². The summed E-state index contributed by atoms with van der Waals surface area (Å²) in [7, 11) is 1.49. The van der Waals surface area contributed by atoms with E-state index in [1.807, 2.05) is 11.8 Å². The lowest BCUT2D eigenvalue weighted by Gasteiger charge is -2.19. The molecule has 1 aliphatic rings. The average Bonchev–Trinajstić information content (AvgIpc) is 2.87. The number of hydrogen-bond donors (Lipinski definition) is 1. The molecule has 0 saturated carbocycles. The number of nitrogens with zero attached hydrogens (tertiary/aromatic N) is 3. The normalized spacial score (nSPS) is 20.4. The van der Waals surface area contributed by atoms with Crippen molar-refractivity contribution in [3.8, 4) is 5.88 Å². The van der Waals surface area contributed by atoms with Crippen LogP contribution in [-0.2, 0) is 0 Å². The van der Waals surface area contributed by atoms with E-state index in [1.54, 1.807) is 0 Å². The fraction of sp³-hybridized carbons (Fsp3) is 0.583. The van der Waals surface area contributed by atoms with E-state index in [1.165, 1.54) is 19.2 Å². The summed E-state index contributed by atoms with van der Waals surface area (Å²) in [6.07, 6.45) is 0.924. The quantitative estimate of drug-likeness (QED) is 0.649. The lowest BCUT2D eigenvalue weighted by molar-refractivity contribution is -0.384. The van der Waals surface area contributed by atoms with Crippen molar-refractivity contribution in [2.75, 3.05) is 25.1 Å². The van der Waals surface area contributed by atoms with Crippen molar-refractivity contribution in [3.05, 3.63) is 22.2 Å². The van der Waals surface area contributed by atoms with Crippen molar-refractivity contribution >= 4 is 11.5 Å². The number of nitrogens with two attached hydrogens (primary N) is 1. The third-order valence-corrected chi connectivity index (χ3v) is 3.50. The number of methoxy groups -OCH3 is 1. The first-order valence-corrected chi connectivity index (χ1v) is 6.23. The Morgan fingerprint density at radius 2 is 2.37 bits per heavy atom. The molecule has 1 aromatic rings. The van der Waals surface area contributed by atoms with Gasteiger partial charge in [0.25, 0.3) is 0 Å². The molecule has 1 fully saturated rings. The number of pyridine rings is 1. The summed E-state index contributed by atoms with van der Waals surface area (Å²) in [6, 6.07) is 3.01. The molecule has 2 heterocycles. The van der Waals surface area contributed by atoms with Gasteiger partial charge in [-0.15, -0.1) is 0 Å². The molecule has 0 bridgehead atoms. The van der Waals surface area contributed by atoms with Crippen LogP contribution in [0.2, 0.25) is 0 Å². The van der Waals surface area contributed by atoms with Crippen LogP contribution in [0.4, 0.5) is 11.5 Å². The Morgan fingerprint density at radius 1 is 1.63 bits per heavy atom. The lowest BCUT2D eigenvalue weighted by atomic mass is 10.0. The van der Waals surface area contributed by atoms with Crippen LogP contribution < -0.4 is 15.4 Å². The van der Waals surface area contributed by atoms with E-state index in [0.717, 1.165) is 13.0 Å². The summed E-state index contributed by atoms with van der Waals surface area (Å²) >= 11 is 0. The second kappa shape index (κ2) is 5.40. The summed E-state index contributed by atoms with van der Waals surface area (Å²) in [5.41, 5.74) is 5.89. The number of ether oxygens (including phenoxy) is 1. The van der Waals surface area contributed by atoms with Gasteiger partial charge in [-0.25, -0.2) is 0 Å². The van der Waals surface area contributed by atoms with Crippen LogP contribution in [0.15, 0.2) is 12.1 Å². The molecule has 0 aromatic carbocycles. The van der Waals surface area contributed by atoms with Crippen molar-refractivity contribution in [2.24, 2.45) is 11.7 Å². The smallest absolute Gasteiger partial charge is 0.311 e. The molecule has 2 atom stereocenters. The Morgan fingerprint density at radius 3 is 2.89 bits per heavy atom. The molecule has 7 nitrogen and oxygen atoms in total. The molecule has 0 spiro atoms. The van der Waals surface area contributed by atoms with Gasteiger partial charge in [0, 0.05) is 31.3 Å². The Hall–Kier alpha value is -1.89. The van der Waals surface area contributed by atoms with Gasteiger partial charge in [0.15, 0.2) is 0 Å². The van der Waals surface area contributed by atoms with E-state index in [9.17, 15) is 10.1 Å². The number of rotatable bonds is 4. The molecule has 0 amide bonds. The van der Waals surface area contributed by atoms with E-state index >= 15 is 0 Å². The summed E-state index contributed by atoms with van der Waals surface area (Å²) in [4.78, 5) is 16.8. The summed E-state index contributed by atoms with van der Waals surface area (Å²) in [5.74, 6) is 1.09. The van der Waals surface area contributed by atoms with Gasteiger partial charge in [0.05, 0.1) is 12.0 Å². The predicted molar refractivity (Wildman–Crippen MR) is 71.4 cm³/mol. The van der Waals surface area contributed by atoms with Gasteiger partial charge in [-0.3, -0.25) is 10.1 Å². The van der Waals surface area contributed by atoms with Crippen molar-refractivity contribution in [1.29, 1.82) is 0 Å². The van der Waals surface area contributed by atoms with Crippen molar-refractivity contribution in [1.82, 2.24) is 4.98 Å². The summed E-state index contributed by atoms with van der Waals surface area (Å²) < 4.78 is 5.04. The first-order valence-electron chi connectivity index (χ1n) is 6.23. The minimum atomic E-state index is -0.416. The average molecular weight is 266 g/mol. The minimum Gasteiger partial charge on any atom is -0.481 e. The predicted octanol–water partition coefficient (Wildman–Crippen LogP) is 1.17. The van der Waals surface area contributed by atoms with Gasteiger partial charge in [0.1, 0.15) is 0 Å². The molecular formula is C12H18N4O3. The molecule has 1 aliphatic heterocycles. The third-order valence-electron chi connectivity index (χ3n) is 3.50. The zero-order valence-electron chi connectivity index (χ0n) is 11.1. The molecule has 7 heteroatoms. The molecule has 0 aliphatic carbocycles. The highest BCUT2D eigenvalue weighted by Crippen LogP contribution is 2.32. The molecule has 2 N–H and O–H groups in total. The maximum atomic E-state index is 11.1. The number of anilines is 1. The SMILES string of the molecule is COc1ccc([N+](=O)[O-])c(N2CCC(C(C)N)C2)n1. The first kappa shape index (κ1) is 13.5. The van der Waals surface area contributed by atoms with E-state index in [-0.39, 0.29) is 11.7 Å². The number of hydrogen-bond acceptors (Lipinski definition) is 6. The Labute approximate surface area is 111 Å². The molecule has 1 aromatic heterocycles. The highest BCUT2D eigenvalue weighted by molar-refractivity contribution is 5.59. The van der Waals surface area contributed by atoms with Crippen molar-refractivity contribution < 1.29 is 9.66 Å². The maximum absolute atomic E-state index is 11.1. The highest BCUT2D eigenvalue weighted by Gasteiger charge is 2.30. The van der Waals surface area contributed by atoms with Gasteiger partial charge in [0.2, 0.25) is 11.7 Å². The van der Waals surface area contributed by atoms with E-state index < -0.39 is 4.92 Å². The van der Waals surface area contributed by atoms with Gasteiger partial charge in [-0.1, -0.05) is 0 Å². The van der Waals surface area contributed by atoms with Gasteiger partial charge < -0.3 is 15.4 Å². The standard InChI is InChI=1S/C12H18N4O3/c1-8(13)9-5-6-15(7-9)12-10(16(17)18)3-4-11(14-12)19-2/h3-4,8-9H,5-7,13H2,1-2H3. The molecule has 19 heavy (non-hydrogen) atoms. The van der Waals surface area contributed by atoms with Crippen LogP contribution in [-0.4, -0.2) is 36.1 Å². The summed E-state index contributed by atoms with van der Waals surface area (Å²) in [6.45, 7) is 3.38. The second-order valence-corrected chi connectivity index (χ2v) is 4.81. The molecule has 0 radical (unpaired) electrons. The zero-order valence-corrected chi connectivity index (χ0v) is 11.1.